The van der Waals surface area contributed by atoms with Crippen molar-refractivity contribution >= 4 is 66.9 Å². The minimum atomic E-state index is -4.59. The van der Waals surface area contributed by atoms with Crippen molar-refractivity contribution in [2.75, 3.05) is 69.4 Å². The Labute approximate surface area is 390 Å². The fourth-order valence-electron chi connectivity index (χ4n) is 9.79. The van der Waals surface area contributed by atoms with Crippen molar-refractivity contribution in [3.63, 3.8) is 0 Å². The summed E-state index contributed by atoms with van der Waals surface area (Å²) < 4.78 is 47.4. The minimum absolute atomic E-state index is 0.0354. The third kappa shape index (κ3) is 9.87. The molecule has 1 amide bonds. The number of allylic oxidation sites excluding steroid dienone is 1. The van der Waals surface area contributed by atoms with Crippen molar-refractivity contribution in [1.29, 1.82) is 0 Å². The molecule has 0 bridgehead atoms. The number of ether oxygens (including phenoxy) is 3. The number of aromatic nitrogens is 2. The van der Waals surface area contributed by atoms with Gasteiger partial charge in [-0.15, -0.1) is 0 Å². The summed E-state index contributed by atoms with van der Waals surface area (Å²) in [6.45, 7) is 9.60. The molecule has 5 aromatic rings. The molecule has 0 spiro atoms. The number of methoxy groups -OCH3 is 1. The number of nitrogens with zero attached hydrogens (tertiary/aromatic N) is 5. The van der Waals surface area contributed by atoms with Gasteiger partial charge >= 0.3 is 5.69 Å². The number of aromatic amines is 1. The van der Waals surface area contributed by atoms with Crippen LogP contribution in [0.5, 0.6) is 11.6 Å². The Balaban J connectivity index is 0.962. The van der Waals surface area contributed by atoms with Crippen LogP contribution in [-0.2, 0) is 14.8 Å². The number of hydrogen-bond acceptors (Lipinski definition) is 12. The van der Waals surface area contributed by atoms with Crippen LogP contribution >= 0.6 is 11.6 Å². The van der Waals surface area contributed by atoms with Gasteiger partial charge < -0.3 is 29.0 Å². The molecule has 3 aromatic carbocycles. The van der Waals surface area contributed by atoms with Gasteiger partial charge in [0.25, 0.3) is 15.9 Å². The quantitative estimate of drug-likeness (QED) is 0.0849. The number of H-pyrrole nitrogens is 1. The average Bonchev–Trinajstić information content (AvgIpc) is 3.78. The zero-order valence-corrected chi connectivity index (χ0v) is 39.1. The molecule has 9 rings (SSSR count). The van der Waals surface area contributed by atoms with Gasteiger partial charge in [0, 0.05) is 68.2 Å². The van der Waals surface area contributed by atoms with Gasteiger partial charge in [-0.2, -0.15) is 4.98 Å². The molecule has 2 fully saturated rings. The van der Waals surface area contributed by atoms with Crippen molar-refractivity contribution in [2.45, 2.75) is 69.8 Å². The smallest absolute Gasteiger partial charge is 0.312 e. The zero-order valence-electron chi connectivity index (χ0n) is 37.6. The van der Waals surface area contributed by atoms with Gasteiger partial charge in [-0.25, -0.2) is 13.1 Å². The number of nitro groups is 1. The van der Waals surface area contributed by atoms with E-state index in [1.807, 2.05) is 41.3 Å². The van der Waals surface area contributed by atoms with Crippen molar-refractivity contribution in [3.05, 3.63) is 111 Å². The van der Waals surface area contributed by atoms with E-state index >= 15 is 0 Å². The number of nitro benzene ring substituents is 1. The van der Waals surface area contributed by atoms with E-state index in [0.29, 0.717) is 29.4 Å². The molecule has 15 nitrogen and oxygen atoms in total. The van der Waals surface area contributed by atoms with Crippen LogP contribution in [0.2, 0.25) is 5.02 Å². The molecule has 2 aliphatic heterocycles. The lowest BCUT2D eigenvalue weighted by Crippen LogP contribution is -2.47. The number of pyridine rings is 1. The Bertz CT molecular complexity index is 2760. The summed E-state index contributed by atoms with van der Waals surface area (Å²) in [5.41, 5.74) is 6.58. The molecule has 0 unspecified atom stereocenters. The molecule has 0 radical (unpaired) electrons. The second kappa shape index (κ2) is 18.9. The molecule has 17 heteroatoms. The van der Waals surface area contributed by atoms with Crippen LogP contribution in [0.4, 0.5) is 22.7 Å². The molecular formula is C49H56ClN7O8S. The first kappa shape index (κ1) is 45.5. The van der Waals surface area contributed by atoms with E-state index in [1.165, 1.54) is 28.8 Å². The van der Waals surface area contributed by atoms with E-state index in [4.69, 9.17) is 30.8 Å². The Morgan fingerprint density at radius 3 is 2.50 bits per heavy atom. The van der Waals surface area contributed by atoms with E-state index in [2.05, 4.69) is 45.5 Å². The van der Waals surface area contributed by atoms with Crippen molar-refractivity contribution in [1.82, 2.24) is 19.6 Å². The highest BCUT2D eigenvalue weighted by Gasteiger charge is 2.33. The standard InChI is InChI=1S/C49H56ClN7O8S/c1-49(2)18-16-35(41(29-49)33-6-8-36(50)9-7-33)30-54-20-22-55(23-21-54)37-10-14-40(42(27-37)56-24-25-64-48-44(56)26-34-17-19-51-46(34)52-48)47(58)53-66(61,62)39-13-15-45(43(28-39)57(59)60)65-31-32-4-11-38(63-3)12-5-32/h6-10,13-15,17,19,26-28,32,38H,4-5,11-12,16,18,20-25,29-31H2,1-3H3,(H,51,52)(H,53,58)/t32-,38-. The van der Waals surface area contributed by atoms with Gasteiger partial charge in [-0.1, -0.05) is 43.2 Å². The predicted molar refractivity (Wildman–Crippen MR) is 256 cm³/mol. The monoisotopic (exact) mass is 937 g/mol. The molecule has 4 aliphatic rings. The van der Waals surface area contributed by atoms with Gasteiger partial charge in [0.05, 0.1) is 40.3 Å². The van der Waals surface area contributed by atoms with Crippen molar-refractivity contribution in [3.8, 4) is 11.6 Å². The third-order valence-electron chi connectivity index (χ3n) is 13.6. The number of halogens is 1. The third-order valence-corrected chi connectivity index (χ3v) is 15.2. The first-order chi connectivity index (χ1) is 31.7. The largest absolute Gasteiger partial charge is 0.487 e. The number of amides is 1. The first-order valence-electron chi connectivity index (χ1n) is 22.7. The van der Waals surface area contributed by atoms with Crippen molar-refractivity contribution in [2.24, 2.45) is 11.3 Å². The van der Waals surface area contributed by atoms with Crippen LogP contribution in [-0.4, -0.2) is 99.8 Å². The van der Waals surface area contributed by atoms with Crippen molar-refractivity contribution < 1.29 is 32.3 Å². The number of hydrogen-bond donors (Lipinski definition) is 2. The number of carbonyl (C=O) groups excluding carboxylic acids is 1. The summed E-state index contributed by atoms with van der Waals surface area (Å²) in [6.07, 6.45) is 8.66. The highest BCUT2D eigenvalue weighted by Crippen LogP contribution is 2.44. The predicted octanol–water partition coefficient (Wildman–Crippen LogP) is 9.14. The normalized spacial score (nSPS) is 20.2. The minimum Gasteiger partial charge on any atom is -0.487 e. The van der Waals surface area contributed by atoms with E-state index in [-0.39, 0.29) is 42.0 Å². The molecule has 2 N–H and O–H groups in total. The Morgan fingerprint density at radius 2 is 1.76 bits per heavy atom. The van der Waals surface area contributed by atoms with E-state index < -0.39 is 31.4 Å². The van der Waals surface area contributed by atoms with Gasteiger partial charge in [0.1, 0.15) is 17.9 Å². The number of fused-ring (bicyclic) bond motifs is 2. The van der Waals surface area contributed by atoms with Gasteiger partial charge in [0.15, 0.2) is 5.75 Å². The fraction of sp³-hybridized carbons (Fsp3) is 0.429. The Hall–Kier alpha value is -5.68. The average molecular weight is 939 g/mol. The second-order valence-corrected chi connectivity index (χ2v) is 20.8. The summed E-state index contributed by atoms with van der Waals surface area (Å²) in [6, 6.07) is 20.9. The van der Waals surface area contributed by atoms with E-state index in [1.54, 1.807) is 19.4 Å². The maximum atomic E-state index is 14.3. The summed E-state index contributed by atoms with van der Waals surface area (Å²) in [4.78, 5) is 40.0. The number of rotatable bonds is 13. The highest BCUT2D eigenvalue weighted by atomic mass is 35.5. The number of carbonyl (C=O) groups is 1. The number of piperazine rings is 1. The van der Waals surface area contributed by atoms with Crippen LogP contribution in [0.3, 0.4) is 0 Å². The summed E-state index contributed by atoms with van der Waals surface area (Å²) >= 11 is 6.27. The molecule has 2 aliphatic carbocycles. The molecule has 66 heavy (non-hydrogen) atoms. The number of nitrogens with one attached hydrogen (secondary N) is 2. The van der Waals surface area contributed by atoms with Gasteiger partial charge in [-0.05, 0) is 122 Å². The van der Waals surface area contributed by atoms with Gasteiger partial charge in [-0.3, -0.25) is 19.8 Å². The lowest BCUT2D eigenvalue weighted by Gasteiger charge is -2.39. The fourth-order valence-corrected chi connectivity index (χ4v) is 10.9. The molecule has 2 aromatic heterocycles. The summed E-state index contributed by atoms with van der Waals surface area (Å²) in [5, 5.41) is 13.8. The lowest BCUT2D eigenvalue weighted by atomic mass is 9.72. The number of sulfonamides is 1. The van der Waals surface area contributed by atoms with Crippen LogP contribution in [0, 0.1) is 21.4 Å². The summed E-state index contributed by atoms with van der Waals surface area (Å²) in [5.74, 6) is -0.351. The van der Waals surface area contributed by atoms with Crippen LogP contribution in [0.1, 0.15) is 74.7 Å². The molecular weight excluding hydrogens is 882 g/mol. The van der Waals surface area contributed by atoms with Crippen LogP contribution in [0.25, 0.3) is 16.6 Å². The summed E-state index contributed by atoms with van der Waals surface area (Å²) in [7, 11) is -2.90. The van der Waals surface area contributed by atoms with Crippen LogP contribution in [0.15, 0.2) is 89.5 Å². The SMILES string of the molecule is CO[C@H]1CC[C@H](COc2ccc(S(=O)(=O)NC(=O)c3ccc(N4CCN(CC5=C(c6ccc(Cl)cc6)CC(C)(C)CC5)CC4)cc3N3CCOc4nc5[nH]ccc5cc43)cc2[N+](=O)[O-])CC1. The first-order valence-corrected chi connectivity index (χ1v) is 24.6. The Morgan fingerprint density at radius 1 is 0.985 bits per heavy atom. The van der Waals surface area contributed by atoms with E-state index in [0.717, 1.165) is 99.8 Å². The van der Waals surface area contributed by atoms with Crippen LogP contribution < -0.4 is 24.0 Å². The molecule has 1 saturated carbocycles. The lowest BCUT2D eigenvalue weighted by molar-refractivity contribution is -0.386. The molecule has 1 saturated heterocycles. The maximum absolute atomic E-state index is 14.3. The molecule has 0 atom stereocenters. The topological polar surface area (TPSA) is 172 Å². The number of benzene rings is 3. The molecule has 348 valence electrons. The molecule has 4 heterocycles. The number of anilines is 3. The zero-order chi connectivity index (χ0) is 46.2. The van der Waals surface area contributed by atoms with E-state index in [9.17, 15) is 23.3 Å². The second-order valence-electron chi connectivity index (χ2n) is 18.6. The maximum Gasteiger partial charge on any atom is 0.312 e. The highest BCUT2D eigenvalue weighted by molar-refractivity contribution is 7.90. The van der Waals surface area contributed by atoms with Gasteiger partial charge in [0.2, 0.25) is 5.88 Å². The Kier molecular flexibility index (Phi) is 13.0.